The van der Waals surface area contributed by atoms with E-state index in [1.807, 2.05) is 30.3 Å². The monoisotopic (exact) mass is 264 g/mol. The van der Waals surface area contributed by atoms with Gasteiger partial charge in [-0.25, -0.2) is 0 Å². The normalized spacial score (nSPS) is 13.6. The maximum Gasteiger partial charge on any atom is 0.303 e. The van der Waals surface area contributed by atoms with Crippen LogP contribution in [0.1, 0.15) is 18.9 Å². The number of carbonyl (C=O) groups is 2. The van der Waals surface area contributed by atoms with Gasteiger partial charge in [-0.15, -0.1) is 0 Å². The van der Waals surface area contributed by atoms with Gasteiger partial charge in [0.15, 0.2) is 0 Å². The standard InChI is InChI=1S/C14H20N2O3/c1-10(7-13(17)18)9-16-14(19)12(15)8-11-5-3-2-4-6-11/h2-6,10,12H,7-9,15H2,1H3,(H,16,19)(H,17,18). The average molecular weight is 264 g/mol. The molecule has 2 unspecified atom stereocenters. The third-order valence-electron chi connectivity index (χ3n) is 2.78. The number of amides is 1. The van der Waals surface area contributed by atoms with Gasteiger partial charge in [0.1, 0.15) is 0 Å². The summed E-state index contributed by atoms with van der Waals surface area (Å²) >= 11 is 0. The molecule has 4 N–H and O–H groups in total. The molecule has 0 aliphatic rings. The van der Waals surface area contributed by atoms with E-state index < -0.39 is 12.0 Å². The number of carboxylic acids is 1. The topological polar surface area (TPSA) is 92.4 Å². The summed E-state index contributed by atoms with van der Waals surface area (Å²) in [6, 6.07) is 8.92. The van der Waals surface area contributed by atoms with Crippen LogP contribution in [0, 0.1) is 5.92 Å². The van der Waals surface area contributed by atoms with E-state index in [2.05, 4.69) is 5.32 Å². The van der Waals surface area contributed by atoms with Gasteiger partial charge < -0.3 is 16.2 Å². The fourth-order valence-corrected chi connectivity index (χ4v) is 1.74. The fourth-order valence-electron chi connectivity index (χ4n) is 1.74. The Morgan fingerprint density at radius 2 is 1.95 bits per heavy atom. The number of carboxylic acid groups (broad SMARTS) is 1. The van der Waals surface area contributed by atoms with Crippen LogP contribution >= 0.6 is 0 Å². The van der Waals surface area contributed by atoms with Crippen LogP contribution in [0.5, 0.6) is 0 Å². The lowest BCUT2D eigenvalue weighted by Gasteiger charge is -2.14. The first-order chi connectivity index (χ1) is 8.99. The minimum atomic E-state index is -0.865. The van der Waals surface area contributed by atoms with Crippen LogP contribution < -0.4 is 11.1 Å². The Balaban J connectivity index is 2.35. The Bertz CT molecular complexity index is 420. The van der Waals surface area contributed by atoms with E-state index in [4.69, 9.17) is 10.8 Å². The van der Waals surface area contributed by atoms with Crippen molar-refractivity contribution in [2.24, 2.45) is 11.7 Å². The summed E-state index contributed by atoms with van der Waals surface area (Å²) in [6.45, 7) is 2.10. The molecule has 0 aliphatic heterocycles. The largest absolute Gasteiger partial charge is 0.481 e. The lowest BCUT2D eigenvalue weighted by molar-refractivity contribution is -0.138. The first-order valence-corrected chi connectivity index (χ1v) is 6.28. The molecule has 0 saturated heterocycles. The van der Waals surface area contributed by atoms with Crippen molar-refractivity contribution in [1.82, 2.24) is 5.32 Å². The molecule has 0 radical (unpaired) electrons. The molecule has 0 spiro atoms. The molecule has 2 atom stereocenters. The third kappa shape index (κ3) is 6.01. The van der Waals surface area contributed by atoms with Gasteiger partial charge in [0, 0.05) is 13.0 Å². The molecule has 0 fully saturated rings. The zero-order valence-corrected chi connectivity index (χ0v) is 11.0. The summed E-state index contributed by atoms with van der Waals surface area (Å²) in [4.78, 5) is 22.2. The van der Waals surface area contributed by atoms with E-state index in [1.165, 1.54) is 0 Å². The summed E-state index contributed by atoms with van der Waals surface area (Å²) < 4.78 is 0. The average Bonchev–Trinajstić information content (AvgIpc) is 2.36. The molecule has 1 aromatic rings. The van der Waals surface area contributed by atoms with Gasteiger partial charge in [-0.1, -0.05) is 37.3 Å². The molecular weight excluding hydrogens is 244 g/mol. The Morgan fingerprint density at radius 3 is 2.53 bits per heavy atom. The lowest BCUT2D eigenvalue weighted by Crippen LogP contribution is -2.43. The molecule has 5 heteroatoms. The number of rotatable bonds is 7. The number of nitrogens with two attached hydrogens (primary N) is 1. The molecule has 5 nitrogen and oxygen atoms in total. The molecule has 0 bridgehead atoms. The van der Waals surface area contributed by atoms with Crippen molar-refractivity contribution in [3.63, 3.8) is 0 Å². The number of hydrogen-bond donors (Lipinski definition) is 3. The Kier molecular flexibility index (Phi) is 6.02. The van der Waals surface area contributed by atoms with E-state index in [0.717, 1.165) is 5.56 Å². The number of benzene rings is 1. The highest BCUT2D eigenvalue weighted by molar-refractivity contribution is 5.81. The number of aliphatic carboxylic acids is 1. The molecule has 0 heterocycles. The minimum absolute atomic E-state index is 0.0359. The first kappa shape index (κ1) is 15.2. The molecule has 1 amide bonds. The Hall–Kier alpha value is -1.88. The first-order valence-electron chi connectivity index (χ1n) is 6.28. The summed E-state index contributed by atoms with van der Waals surface area (Å²) in [5, 5.41) is 11.3. The molecule has 1 aromatic carbocycles. The summed E-state index contributed by atoms with van der Waals surface area (Å²) in [5.74, 6) is -1.22. The second-order valence-corrected chi connectivity index (χ2v) is 4.74. The highest BCUT2D eigenvalue weighted by Crippen LogP contribution is 2.03. The van der Waals surface area contributed by atoms with Gasteiger partial charge in [-0.3, -0.25) is 9.59 Å². The minimum Gasteiger partial charge on any atom is -0.481 e. The SMILES string of the molecule is CC(CNC(=O)C(N)Cc1ccccc1)CC(=O)O. The number of hydrogen-bond acceptors (Lipinski definition) is 3. The smallest absolute Gasteiger partial charge is 0.303 e. The molecule has 0 aromatic heterocycles. The summed E-state index contributed by atoms with van der Waals surface area (Å²) in [6.07, 6.45) is 0.508. The molecule has 1 rings (SSSR count). The molecule has 0 saturated carbocycles. The second-order valence-electron chi connectivity index (χ2n) is 4.74. The highest BCUT2D eigenvalue weighted by Gasteiger charge is 2.15. The summed E-state index contributed by atoms with van der Waals surface area (Å²) in [5.41, 5.74) is 6.81. The molecule has 19 heavy (non-hydrogen) atoms. The van der Waals surface area contributed by atoms with Crippen LogP contribution in [-0.4, -0.2) is 29.6 Å². The van der Waals surface area contributed by atoms with Gasteiger partial charge in [-0.05, 0) is 17.9 Å². The van der Waals surface area contributed by atoms with Crippen molar-refractivity contribution in [2.75, 3.05) is 6.54 Å². The van der Waals surface area contributed by atoms with Crippen molar-refractivity contribution < 1.29 is 14.7 Å². The fraction of sp³-hybridized carbons (Fsp3) is 0.429. The molecular formula is C14H20N2O3. The van der Waals surface area contributed by atoms with Gasteiger partial charge in [-0.2, -0.15) is 0 Å². The maximum absolute atomic E-state index is 11.8. The molecule has 0 aliphatic carbocycles. The second kappa shape index (κ2) is 7.53. The summed E-state index contributed by atoms with van der Waals surface area (Å²) in [7, 11) is 0. The van der Waals surface area contributed by atoms with E-state index in [9.17, 15) is 9.59 Å². The van der Waals surface area contributed by atoms with Crippen molar-refractivity contribution >= 4 is 11.9 Å². The Morgan fingerprint density at radius 1 is 1.32 bits per heavy atom. The van der Waals surface area contributed by atoms with E-state index in [0.29, 0.717) is 13.0 Å². The van der Waals surface area contributed by atoms with Crippen LogP contribution in [-0.2, 0) is 16.0 Å². The third-order valence-corrected chi connectivity index (χ3v) is 2.78. The van der Waals surface area contributed by atoms with Crippen molar-refractivity contribution in [3.8, 4) is 0 Å². The van der Waals surface area contributed by atoms with Crippen LogP contribution in [0.15, 0.2) is 30.3 Å². The predicted molar refractivity (Wildman–Crippen MR) is 72.5 cm³/mol. The van der Waals surface area contributed by atoms with Gasteiger partial charge >= 0.3 is 5.97 Å². The lowest BCUT2D eigenvalue weighted by atomic mass is 10.1. The zero-order valence-electron chi connectivity index (χ0n) is 11.0. The van der Waals surface area contributed by atoms with E-state index in [-0.39, 0.29) is 18.2 Å². The quantitative estimate of drug-likeness (QED) is 0.678. The Labute approximate surface area is 112 Å². The van der Waals surface area contributed by atoms with Gasteiger partial charge in [0.2, 0.25) is 5.91 Å². The number of carbonyl (C=O) groups excluding carboxylic acids is 1. The zero-order chi connectivity index (χ0) is 14.3. The van der Waals surface area contributed by atoms with Crippen LogP contribution in [0.3, 0.4) is 0 Å². The van der Waals surface area contributed by atoms with Crippen LogP contribution in [0.25, 0.3) is 0 Å². The number of nitrogens with one attached hydrogen (secondary N) is 1. The van der Waals surface area contributed by atoms with Crippen molar-refractivity contribution in [3.05, 3.63) is 35.9 Å². The van der Waals surface area contributed by atoms with Gasteiger partial charge in [0.05, 0.1) is 6.04 Å². The predicted octanol–water partition coefficient (Wildman–Crippen LogP) is 0.783. The van der Waals surface area contributed by atoms with Crippen LogP contribution in [0.2, 0.25) is 0 Å². The van der Waals surface area contributed by atoms with Crippen molar-refractivity contribution in [1.29, 1.82) is 0 Å². The maximum atomic E-state index is 11.8. The van der Waals surface area contributed by atoms with Crippen molar-refractivity contribution in [2.45, 2.75) is 25.8 Å². The van der Waals surface area contributed by atoms with E-state index >= 15 is 0 Å². The highest BCUT2D eigenvalue weighted by atomic mass is 16.4. The van der Waals surface area contributed by atoms with Gasteiger partial charge in [0.25, 0.3) is 0 Å². The van der Waals surface area contributed by atoms with Crippen LogP contribution in [0.4, 0.5) is 0 Å². The van der Waals surface area contributed by atoms with E-state index in [1.54, 1.807) is 6.92 Å². The molecule has 104 valence electrons.